The predicted octanol–water partition coefficient (Wildman–Crippen LogP) is 3.44. The number of fused-ring (bicyclic) bond motifs is 1. The summed E-state index contributed by atoms with van der Waals surface area (Å²) in [4.78, 5) is 0. The van der Waals surface area contributed by atoms with E-state index in [1.54, 1.807) is 0 Å². The quantitative estimate of drug-likeness (QED) is 0.871. The topological polar surface area (TPSA) is 40.8 Å². The van der Waals surface area contributed by atoms with E-state index in [1.807, 2.05) is 0 Å². The zero-order valence-corrected chi connectivity index (χ0v) is 12.0. The zero-order chi connectivity index (χ0) is 14.0. The second-order valence-corrected chi connectivity index (χ2v) is 5.91. The van der Waals surface area contributed by atoms with Crippen LogP contribution in [0, 0.1) is 16.7 Å². The highest BCUT2D eigenvalue weighted by atomic mass is 15.0. The van der Waals surface area contributed by atoms with E-state index in [1.165, 1.54) is 29.3 Å². The van der Waals surface area contributed by atoms with E-state index in [9.17, 15) is 0 Å². The number of nitriles is 1. The highest BCUT2D eigenvalue weighted by Crippen LogP contribution is 2.50. The lowest BCUT2D eigenvalue weighted by molar-refractivity contribution is 0.440. The van der Waals surface area contributed by atoms with Gasteiger partial charge in [-0.25, -0.2) is 0 Å². The molecule has 3 heteroatoms. The molecule has 1 N–H and O–H groups in total. The van der Waals surface area contributed by atoms with Gasteiger partial charge in [0.2, 0.25) is 0 Å². The molecule has 1 aliphatic rings. The Labute approximate surface area is 120 Å². The molecule has 20 heavy (non-hydrogen) atoms. The van der Waals surface area contributed by atoms with Crippen molar-refractivity contribution in [2.75, 3.05) is 6.54 Å². The third kappa shape index (κ3) is 2.44. The molecule has 0 saturated heterocycles. The van der Waals surface area contributed by atoms with E-state index in [2.05, 4.69) is 53.3 Å². The molecule has 0 aliphatic heterocycles. The first kappa shape index (κ1) is 13.2. The molecule has 0 atom stereocenters. The van der Waals surface area contributed by atoms with Crippen LogP contribution in [0.15, 0.2) is 30.5 Å². The standard InChI is InChI=1S/C17H21N3/c1-2-19-12-14-4-3-5-16-15(14)6-11-20(16)13-17(7-8-17)9-10-18/h3-6,11,19H,2,7-9,12-13H2,1H3. The lowest BCUT2D eigenvalue weighted by Crippen LogP contribution is -2.12. The van der Waals surface area contributed by atoms with Crippen molar-refractivity contribution in [3.05, 3.63) is 36.0 Å². The first-order chi connectivity index (χ1) is 9.78. The zero-order valence-electron chi connectivity index (χ0n) is 12.0. The van der Waals surface area contributed by atoms with Crippen LogP contribution < -0.4 is 5.32 Å². The number of hydrogen-bond acceptors (Lipinski definition) is 2. The summed E-state index contributed by atoms with van der Waals surface area (Å²) in [5.74, 6) is 0. The van der Waals surface area contributed by atoms with E-state index >= 15 is 0 Å². The highest BCUT2D eigenvalue weighted by Gasteiger charge is 2.42. The average molecular weight is 267 g/mol. The second kappa shape index (κ2) is 5.30. The molecule has 0 radical (unpaired) electrons. The van der Waals surface area contributed by atoms with E-state index < -0.39 is 0 Å². The normalized spacial score (nSPS) is 16.2. The fourth-order valence-electron chi connectivity index (χ4n) is 2.94. The summed E-state index contributed by atoms with van der Waals surface area (Å²) in [5, 5.41) is 13.7. The van der Waals surface area contributed by atoms with Crippen molar-refractivity contribution in [2.45, 2.75) is 39.3 Å². The van der Waals surface area contributed by atoms with Gasteiger partial charge in [-0.15, -0.1) is 0 Å². The Morgan fingerprint density at radius 3 is 2.90 bits per heavy atom. The van der Waals surface area contributed by atoms with Crippen LogP contribution in [-0.2, 0) is 13.1 Å². The smallest absolute Gasteiger partial charge is 0.0628 e. The molecule has 0 spiro atoms. The molecule has 1 heterocycles. The summed E-state index contributed by atoms with van der Waals surface area (Å²) >= 11 is 0. The van der Waals surface area contributed by atoms with Gasteiger partial charge in [-0.3, -0.25) is 0 Å². The van der Waals surface area contributed by atoms with Gasteiger partial charge in [-0.2, -0.15) is 5.26 Å². The predicted molar refractivity (Wildman–Crippen MR) is 81.2 cm³/mol. The number of rotatable bonds is 6. The van der Waals surface area contributed by atoms with Crippen LogP contribution in [0.4, 0.5) is 0 Å². The van der Waals surface area contributed by atoms with Gasteiger partial charge >= 0.3 is 0 Å². The van der Waals surface area contributed by atoms with Crippen molar-refractivity contribution in [2.24, 2.45) is 5.41 Å². The van der Waals surface area contributed by atoms with Crippen molar-refractivity contribution in [1.82, 2.24) is 9.88 Å². The fraction of sp³-hybridized carbons (Fsp3) is 0.471. The number of nitrogens with one attached hydrogen (secondary N) is 1. The Kier molecular flexibility index (Phi) is 3.50. The lowest BCUT2D eigenvalue weighted by atomic mass is 10.0. The van der Waals surface area contributed by atoms with Crippen LogP contribution in [0.1, 0.15) is 31.7 Å². The van der Waals surface area contributed by atoms with Crippen molar-refractivity contribution in [1.29, 1.82) is 5.26 Å². The largest absolute Gasteiger partial charge is 0.347 e. The van der Waals surface area contributed by atoms with Crippen LogP contribution >= 0.6 is 0 Å². The van der Waals surface area contributed by atoms with Crippen LogP contribution in [0.25, 0.3) is 10.9 Å². The Morgan fingerprint density at radius 2 is 2.20 bits per heavy atom. The Balaban J connectivity index is 1.88. The van der Waals surface area contributed by atoms with Crippen molar-refractivity contribution in [3.8, 4) is 6.07 Å². The number of hydrogen-bond donors (Lipinski definition) is 1. The Bertz CT molecular complexity index is 644. The van der Waals surface area contributed by atoms with E-state index in [4.69, 9.17) is 5.26 Å². The maximum Gasteiger partial charge on any atom is 0.0628 e. The van der Waals surface area contributed by atoms with Crippen LogP contribution in [0.2, 0.25) is 0 Å². The Morgan fingerprint density at radius 1 is 1.35 bits per heavy atom. The average Bonchev–Trinajstić information content (AvgIpc) is 3.09. The van der Waals surface area contributed by atoms with Gasteiger partial charge in [-0.1, -0.05) is 19.1 Å². The Hall–Kier alpha value is -1.79. The molecule has 1 aliphatic carbocycles. The monoisotopic (exact) mass is 267 g/mol. The minimum atomic E-state index is 0.248. The van der Waals surface area contributed by atoms with Gasteiger partial charge in [0.15, 0.2) is 0 Å². The number of benzene rings is 1. The molecule has 1 saturated carbocycles. The number of aromatic nitrogens is 1. The van der Waals surface area contributed by atoms with Gasteiger partial charge in [0.05, 0.1) is 6.07 Å². The molecule has 0 unspecified atom stereocenters. The van der Waals surface area contributed by atoms with Crippen molar-refractivity contribution >= 4 is 10.9 Å². The van der Waals surface area contributed by atoms with Crippen molar-refractivity contribution < 1.29 is 0 Å². The first-order valence-electron chi connectivity index (χ1n) is 7.42. The summed E-state index contributed by atoms with van der Waals surface area (Å²) in [6, 6.07) is 11.1. The summed E-state index contributed by atoms with van der Waals surface area (Å²) < 4.78 is 2.33. The van der Waals surface area contributed by atoms with Crippen molar-refractivity contribution in [3.63, 3.8) is 0 Å². The molecule has 0 bridgehead atoms. The van der Waals surface area contributed by atoms with Crippen LogP contribution in [0.5, 0.6) is 0 Å². The van der Waals surface area contributed by atoms with Crippen LogP contribution in [-0.4, -0.2) is 11.1 Å². The molecule has 1 aromatic carbocycles. The fourth-order valence-corrected chi connectivity index (χ4v) is 2.94. The molecule has 0 amide bonds. The van der Waals surface area contributed by atoms with E-state index in [0.29, 0.717) is 6.42 Å². The lowest BCUT2D eigenvalue weighted by Gasteiger charge is -2.14. The molecule has 104 valence electrons. The molecule has 2 aromatic rings. The molecule has 1 fully saturated rings. The first-order valence-corrected chi connectivity index (χ1v) is 7.42. The maximum absolute atomic E-state index is 8.96. The molecule has 3 rings (SSSR count). The third-order valence-corrected chi connectivity index (χ3v) is 4.39. The number of nitrogens with zero attached hydrogens (tertiary/aromatic N) is 2. The maximum atomic E-state index is 8.96. The summed E-state index contributed by atoms with van der Waals surface area (Å²) in [7, 11) is 0. The molecule has 3 nitrogen and oxygen atoms in total. The minimum absolute atomic E-state index is 0.248. The van der Waals surface area contributed by atoms with Crippen LogP contribution in [0.3, 0.4) is 0 Å². The summed E-state index contributed by atoms with van der Waals surface area (Å²) in [5.41, 5.74) is 2.90. The van der Waals surface area contributed by atoms with Gasteiger partial charge in [0, 0.05) is 42.0 Å². The minimum Gasteiger partial charge on any atom is -0.347 e. The van der Waals surface area contributed by atoms with Gasteiger partial charge in [0.1, 0.15) is 0 Å². The SMILES string of the molecule is CCNCc1cccc2c1ccn2CC1(CC#N)CC1. The second-order valence-electron chi connectivity index (χ2n) is 5.91. The van der Waals surface area contributed by atoms with Gasteiger partial charge in [0.25, 0.3) is 0 Å². The third-order valence-electron chi connectivity index (χ3n) is 4.39. The van der Waals surface area contributed by atoms with Gasteiger partial charge in [-0.05, 0) is 37.1 Å². The van der Waals surface area contributed by atoms with E-state index in [0.717, 1.165) is 19.6 Å². The summed E-state index contributed by atoms with van der Waals surface area (Å²) in [6.07, 6.45) is 5.25. The van der Waals surface area contributed by atoms with Gasteiger partial charge < -0.3 is 9.88 Å². The van der Waals surface area contributed by atoms with E-state index in [-0.39, 0.29) is 5.41 Å². The molecular weight excluding hydrogens is 246 g/mol. The molecule has 1 aromatic heterocycles. The summed E-state index contributed by atoms with van der Waals surface area (Å²) in [6.45, 7) is 5.02. The molecular formula is C17H21N3. The highest BCUT2D eigenvalue weighted by molar-refractivity contribution is 5.83.